The van der Waals surface area contributed by atoms with E-state index in [0.717, 1.165) is 26.3 Å². The van der Waals surface area contributed by atoms with Crippen LogP contribution in [0.1, 0.15) is 84.5 Å². The molecular weight excluding hydrogens is 246 g/mol. The fourth-order valence-electron chi connectivity index (χ4n) is 3.24. The predicted molar refractivity (Wildman–Crippen MR) is 88.3 cm³/mol. The zero-order valence-electron chi connectivity index (χ0n) is 14.0. The largest absolute Gasteiger partial charge is 0.381 e. The van der Waals surface area contributed by atoms with E-state index in [2.05, 4.69) is 19.2 Å². The Labute approximate surface area is 127 Å². The monoisotopic (exact) mass is 283 g/mol. The summed E-state index contributed by atoms with van der Waals surface area (Å²) in [4.78, 5) is 0. The van der Waals surface area contributed by atoms with Gasteiger partial charge in [-0.2, -0.15) is 0 Å². The van der Waals surface area contributed by atoms with Crippen molar-refractivity contribution in [3.8, 4) is 0 Å². The lowest BCUT2D eigenvalue weighted by atomic mass is 9.81. The molecule has 0 aromatic carbocycles. The number of hydrogen-bond acceptors (Lipinski definition) is 2. The normalized spacial score (nSPS) is 22.5. The van der Waals surface area contributed by atoms with Crippen LogP contribution in [-0.2, 0) is 4.74 Å². The molecule has 0 spiro atoms. The molecular formula is C18H37NO. The molecule has 1 aliphatic rings. The van der Waals surface area contributed by atoms with Gasteiger partial charge in [-0.3, -0.25) is 0 Å². The molecule has 1 N–H and O–H groups in total. The standard InChI is InChI=1S/C18H37NO/c1-3-5-6-7-8-9-10-11-12-18(13-15-20-17-18)16-19-14-4-2/h19H,3-17H2,1-2H3. The van der Waals surface area contributed by atoms with Crippen LogP contribution >= 0.6 is 0 Å². The van der Waals surface area contributed by atoms with E-state index in [0.29, 0.717) is 5.41 Å². The number of hydrogen-bond donors (Lipinski definition) is 1. The zero-order chi connectivity index (χ0) is 14.5. The van der Waals surface area contributed by atoms with Crippen molar-refractivity contribution in [3.63, 3.8) is 0 Å². The van der Waals surface area contributed by atoms with Gasteiger partial charge in [0.1, 0.15) is 0 Å². The maximum atomic E-state index is 5.67. The van der Waals surface area contributed by atoms with Gasteiger partial charge in [0.25, 0.3) is 0 Å². The Balaban J connectivity index is 2.04. The van der Waals surface area contributed by atoms with E-state index in [1.54, 1.807) is 0 Å². The molecule has 0 aliphatic carbocycles. The van der Waals surface area contributed by atoms with Gasteiger partial charge in [-0.25, -0.2) is 0 Å². The lowest BCUT2D eigenvalue weighted by molar-refractivity contribution is 0.142. The van der Waals surface area contributed by atoms with Crippen molar-refractivity contribution in [2.24, 2.45) is 5.41 Å². The molecule has 1 saturated heterocycles. The van der Waals surface area contributed by atoms with Gasteiger partial charge in [0.15, 0.2) is 0 Å². The predicted octanol–water partition coefficient (Wildman–Crippen LogP) is 4.92. The van der Waals surface area contributed by atoms with Crippen LogP contribution in [-0.4, -0.2) is 26.3 Å². The fraction of sp³-hybridized carbons (Fsp3) is 1.00. The maximum Gasteiger partial charge on any atom is 0.0535 e. The number of ether oxygens (including phenoxy) is 1. The second-order valence-corrected chi connectivity index (χ2v) is 6.70. The smallest absolute Gasteiger partial charge is 0.0535 e. The summed E-state index contributed by atoms with van der Waals surface area (Å²) in [6.45, 7) is 8.81. The molecule has 2 heteroatoms. The molecule has 1 aliphatic heterocycles. The zero-order valence-corrected chi connectivity index (χ0v) is 14.0. The molecule has 2 nitrogen and oxygen atoms in total. The van der Waals surface area contributed by atoms with Crippen molar-refractivity contribution < 1.29 is 4.74 Å². The van der Waals surface area contributed by atoms with Crippen molar-refractivity contribution in [1.82, 2.24) is 5.32 Å². The highest BCUT2D eigenvalue weighted by Gasteiger charge is 2.33. The molecule has 1 heterocycles. The SMILES string of the molecule is CCCCCCCCCCC1(CNCCC)CCOC1. The van der Waals surface area contributed by atoms with Crippen molar-refractivity contribution in [3.05, 3.63) is 0 Å². The summed E-state index contributed by atoms with van der Waals surface area (Å²) in [5, 5.41) is 3.61. The van der Waals surface area contributed by atoms with Crippen LogP contribution in [0.2, 0.25) is 0 Å². The molecule has 1 unspecified atom stereocenters. The first-order valence-corrected chi connectivity index (χ1v) is 9.11. The van der Waals surface area contributed by atoms with Crippen molar-refractivity contribution in [2.75, 3.05) is 26.3 Å². The molecule has 0 saturated carbocycles. The lowest BCUT2D eigenvalue weighted by Gasteiger charge is -2.27. The summed E-state index contributed by atoms with van der Waals surface area (Å²) in [5.74, 6) is 0. The third kappa shape index (κ3) is 7.64. The molecule has 1 fully saturated rings. The van der Waals surface area contributed by atoms with Crippen LogP contribution in [0.3, 0.4) is 0 Å². The van der Waals surface area contributed by atoms with Gasteiger partial charge in [-0.05, 0) is 25.8 Å². The van der Waals surface area contributed by atoms with E-state index in [9.17, 15) is 0 Å². The van der Waals surface area contributed by atoms with Gasteiger partial charge in [-0.1, -0.05) is 65.2 Å². The van der Waals surface area contributed by atoms with Gasteiger partial charge >= 0.3 is 0 Å². The van der Waals surface area contributed by atoms with Crippen molar-refractivity contribution in [1.29, 1.82) is 0 Å². The lowest BCUT2D eigenvalue weighted by Crippen LogP contribution is -2.35. The van der Waals surface area contributed by atoms with Gasteiger partial charge in [0, 0.05) is 18.6 Å². The Morgan fingerprint density at radius 3 is 2.20 bits per heavy atom. The minimum Gasteiger partial charge on any atom is -0.381 e. The molecule has 120 valence electrons. The van der Waals surface area contributed by atoms with Crippen LogP contribution in [0.5, 0.6) is 0 Å². The first-order valence-electron chi connectivity index (χ1n) is 9.11. The molecule has 0 bridgehead atoms. The fourth-order valence-corrected chi connectivity index (χ4v) is 3.24. The summed E-state index contributed by atoms with van der Waals surface area (Å²) in [6.07, 6.45) is 15.2. The van der Waals surface area contributed by atoms with E-state index in [4.69, 9.17) is 4.74 Å². The molecule has 0 amide bonds. The number of nitrogens with one attached hydrogen (secondary N) is 1. The highest BCUT2D eigenvalue weighted by atomic mass is 16.5. The van der Waals surface area contributed by atoms with Gasteiger partial charge in [-0.15, -0.1) is 0 Å². The molecule has 0 radical (unpaired) electrons. The van der Waals surface area contributed by atoms with Crippen LogP contribution in [0.4, 0.5) is 0 Å². The Morgan fingerprint density at radius 2 is 1.60 bits per heavy atom. The van der Waals surface area contributed by atoms with Crippen LogP contribution in [0.15, 0.2) is 0 Å². The first-order chi connectivity index (χ1) is 9.83. The van der Waals surface area contributed by atoms with Crippen LogP contribution in [0, 0.1) is 5.41 Å². The van der Waals surface area contributed by atoms with Gasteiger partial charge in [0.05, 0.1) is 6.61 Å². The summed E-state index contributed by atoms with van der Waals surface area (Å²) in [6, 6.07) is 0. The first kappa shape index (κ1) is 18.0. The number of unbranched alkanes of at least 4 members (excludes halogenated alkanes) is 7. The molecule has 0 aromatic heterocycles. The summed E-state index contributed by atoms with van der Waals surface area (Å²) in [7, 11) is 0. The van der Waals surface area contributed by atoms with E-state index in [-0.39, 0.29) is 0 Å². The van der Waals surface area contributed by atoms with E-state index >= 15 is 0 Å². The quantitative estimate of drug-likeness (QED) is 0.484. The molecule has 0 aromatic rings. The van der Waals surface area contributed by atoms with Gasteiger partial charge in [0.2, 0.25) is 0 Å². The van der Waals surface area contributed by atoms with E-state index in [1.807, 2.05) is 0 Å². The summed E-state index contributed by atoms with van der Waals surface area (Å²) >= 11 is 0. The Bertz CT molecular complexity index is 211. The topological polar surface area (TPSA) is 21.3 Å². The second kappa shape index (κ2) is 11.6. The van der Waals surface area contributed by atoms with E-state index < -0.39 is 0 Å². The molecule has 1 rings (SSSR count). The van der Waals surface area contributed by atoms with Crippen LogP contribution in [0.25, 0.3) is 0 Å². The van der Waals surface area contributed by atoms with Crippen LogP contribution < -0.4 is 5.32 Å². The average Bonchev–Trinajstić information content (AvgIpc) is 2.91. The third-order valence-electron chi connectivity index (χ3n) is 4.67. The van der Waals surface area contributed by atoms with Crippen molar-refractivity contribution >= 4 is 0 Å². The summed E-state index contributed by atoms with van der Waals surface area (Å²) in [5.41, 5.74) is 0.456. The highest BCUT2D eigenvalue weighted by Crippen LogP contribution is 2.33. The maximum absolute atomic E-state index is 5.67. The Kier molecular flexibility index (Phi) is 10.4. The van der Waals surface area contributed by atoms with Crippen molar-refractivity contribution in [2.45, 2.75) is 84.5 Å². The highest BCUT2D eigenvalue weighted by molar-refractivity contribution is 4.85. The minimum atomic E-state index is 0.456. The Morgan fingerprint density at radius 1 is 0.900 bits per heavy atom. The van der Waals surface area contributed by atoms with Gasteiger partial charge < -0.3 is 10.1 Å². The summed E-state index contributed by atoms with van der Waals surface area (Å²) < 4.78 is 5.67. The third-order valence-corrected chi connectivity index (χ3v) is 4.67. The molecule has 1 atom stereocenters. The Hall–Kier alpha value is -0.0800. The minimum absolute atomic E-state index is 0.456. The second-order valence-electron chi connectivity index (χ2n) is 6.70. The van der Waals surface area contributed by atoms with E-state index in [1.165, 1.54) is 70.6 Å². The number of rotatable bonds is 13. The average molecular weight is 284 g/mol. The molecule has 20 heavy (non-hydrogen) atoms.